The fourth-order valence-corrected chi connectivity index (χ4v) is 3.37. The summed E-state index contributed by atoms with van der Waals surface area (Å²) in [6, 6.07) is 14.0. The third-order valence-corrected chi connectivity index (χ3v) is 4.85. The molecule has 1 heterocycles. The Bertz CT molecular complexity index is 1200. The van der Waals surface area contributed by atoms with E-state index in [1.807, 2.05) is 6.07 Å². The number of benzene rings is 2. The van der Waals surface area contributed by atoms with Crippen LogP contribution in [0, 0.1) is 11.3 Å². The highest BCUT2D eigenvalue weighted by Gasteiger charge is 2.48. The second-order valence-electron chi connectivity index (χ2n) is 7.30. The van der Waals surface area contributed by atoms with Gasteiger partial charge in [-0.3, -0.25) is 19.2 Å². The summed E-state index contributed by atoms with van der Waals surface area (Å²) in [6.45, 7) is -2.61. The third kappa shape index (κ3) is 6.65. The lowest BCUT2D eigenvalue weighted by atomic mass is 10.0. The number of nitriles is 1. The molecule has 10 heteroatoms. The van der Waals surface area contributed by atoms with Crippen LogP contribution < -0.4 is 4.74 Å². The summed E-state index contributed by atoms with van der Waals surface area (Å²) in [5, 5.41) is 8.91. The Kier molecular flexibility index (Phi) is 6.86. The van der Waals surface area contributed by atoms with E-state index in [9.17, 15) is 19.2 Å². The van der Waals surface area contributed by atoms with Gasteiger partial charge in [0.1, 0.15) is 5.75 Å². The first-order chi connectivity index (χ1) is 18.3. The van der Waals surface area contributed by atoms with Gasteiger partial charge in [0.25, 0.3) is 0 Å². The molecule has 0 radical (unpaired) electrons. The predicted octanol–water partition coefficient (Wildman–Crippen LogP) is 2.32. The number of carbonyl (C=O) groups is 4. The van der Waals surface area contributed by atoms with Gasteiger partial charge in [-0.1, -0.05) is 0 Å². The second kappa shape index (κ2) is 11.3. The van der Waals surface area contributed by atoms with E-state index in [0.717, 1.165) is 0 Å². The normalized spacial score (nSPS) is 22.3. The summed E-state index contributed by atoms with van der Waals surface area (Å²) in [5.74, 6) is -3.06. The SMILES string of the molecule is [2H]CC(=O)O[C@@H]1[C@H](OC(=O)C[2H])C(Oc2ccc(C(=O)c3ccc(C#N)cc3)cc2)OC[C@H]1OC(=O)C[2H]. The fourth-order valence-electron chi connectivity index (χ4n) is 3.37. The van der Waals surface area contributed by atoms with Crippen molar-refractivity contribution in [2.75, 3.05) is 6.61 Å². The quantitative estimate of drug-likeness (QED) is 0.327. The molecule has 1 saturated heterocycles. The first-order valence-electron chi connectivity index (χ1n) is 12.3. The monoisotopic (exact) mass is 484 g/mol. The highest BCUT2D eigenvalue weighted by Crippen LogP contribution is 2.27. The molecule has 0 amide bonds. The summed E-state index contributed by atoms with van der Waals surface area (Å²) in [6.07, 6.45) is -5.56. The number of nitrogens with zero attached hydrogens (tertiary/aromatic N) is 1. The number of ether oxygens (including phenoxy) is 5. The molecule has 0 spiro atoms. The van der Waals surface area contributed by atoms with Crippen LogP contribution in [0.5, 0.6) is 5.75 Å². The van der Waals surface area contributed by atoms with Gasteiger partial charge in [-0.05, 0) is 48.5 Å². The first kappa shape index (κ1) is 21.3. The summed E-state index contributed by atoms with van der Waals surface area (Å²) in [5.41, 5.74) is 1.12. The summed E-state index contributed by atoms with van der Waals surface area (Å²) < 4.78 is 48.6. The smallest absolute Gasteiger partial charge is 0.303 e. The van der Waals surface area contributed by atoms with E-state index in [2.05, 4.69) is 0 Å². The molecule has 0 bridgehead atoms. The van der Waals surface area contributed by atoms with Crippen molar-refractivity contribution in [1.29, 1.82) is 5.26 Å². The number of hydrogen-bond acceptors (Lipinski definition) is 10. The fraction of sp³-hybridized carbons (Fsp3) is 0.320. The average Bonchev–Trinajstić information content (AvgIpc) is 2.95. The summed E-state index contributed by atoms with van der Waals surface area (Å²) in [7, 11) is 0. The Morgan fingerprint density at radius 2 is 1.40 bits per heavy atom. The molecule has 0 aliphatic carbocycles. The van der Waals surface area contributed by atoms with Crippen molar-refractivity contribution in [2.45, 2.75) is 45.3 Å². The van der Waals surface area contributed by atoms with Gasteiger partial charge < -0.3 is 23.7 Å². The number of ketones is 1. The minimum Gasteiger partial charge on any atom is -0.461 e. The van der Waals surface area contributed by atoms with Crippen molar-refractivity contribution in [3.05, 3.63) is 65.2 Å². The van der Waals surface area contributed by atoms with Crippen LogP contribution in [0.2, 0.25) is 0 Å². The van der Waals surface area contributed by atoms with E-state index in [4.69, 9.17) is 33.1 Å². The van der Waals surface area contributed by atoms with Crippen LogP contribution in [-0.2, 0) is 33.3 Å². The molecule has 1 aliphatic heterocycles. The van der Waals surface area contributed by atoms with Gasteiger partial charge in [-0.25, -0.2) is 0 Å². The molecule has 2 aromatic carbocycles. The maximum atomic E-state index is 12.7. The number of hydrogen-bond donors (Lipinski definition) is 0. The van der Waals surface area contributed by atoms with E-state index in [1.54, 1.807) is 0 Å². The largest absolute Gasteiger partial charge is 0.461 e. The van der Waals surface area contributed by atoms with Gasteiger partial charge in [-0.15, -0.1) is 0 Å². The number of carbonyl (C=O) groups excluding carboxylic acids is 4. The molecule has 3 rings (SSSR count). The molecule has 1 unspecified atom stereocenters. The molecule has 0 N–H and O–H groups in total. The van der Waals surface area contributed by atoms with Gasteiger partial charge in [0.15, 0.2) is 18.0 Å². The molecule has 0 saturated carbocycles. The van der Waals surface area contributed by atoms with Gasteiger partial charge in [0.2, 0.25) is 12.4 Å². The topological polar surface area (TPSA) is 138 Å². The van der Waals surface area contributed by atoms with Crippen molar-refractivity contribution in [1.82, 2.24) is 0 Å². The van der Waals surface area contributed by atoms with Crippen molar-refractivity contribution >= 4 is 23.7 Å². The highest BCUT2D eigenvalue weighted by molar-refractivity contribution is 6.09. The lowest BCUT2D eigenvalue weighted by Gasteiger charge is -2.40. The molecule has 35 heavy (non-hydrogen) atoms. The molecule has 1 fully saturated rings. The lowest BCUT2D eigenvalue weighted by Crippen LogP contribution is -2.59. The van der Waals surface area contributed by atoms with Crippen LogP contribution in [0.1, 0.15) is 46.3 Å². The molecule has 10 nitrogen and oxygen atoms in total. The molecular weight excluding hydrogens is 458 g/mol. The van der Waals surface area contributed by atoms with Gasteiger partial charge in [-0.2, -0.15) is 5.26 Å². The van der Waals surface area contributed by atoms with Gasteiger partial charge in [0, 0.05) is 35.9 Å². The van der Waals surface area contributed by atoms with Crippen molar-refractivity contribution in [3.8, 4) is 11.8 Å². The van der Waals surface area contributed by atoms with E-state index in [-0.39, 0.29) is 18.1 Å². The van der Waals surface area contributed by atoms with E-state index in [0.29, 0.717) is 16.7 Å². The van der Waals surface area contributed by atoms with E-state index in [1.165, 1.54) is 48.5 Å². The van der Waals surface area contributed by atoms with Gasteiger partial charge >= 0.3 is 17.9 Å². The Balaban J connectivity index is 1.81. The van der Waals surface area contributed by atoms with Gasteiger partial charge in [0.05, 0.1) is 18.2 Å². The summed E-state index contributed by atoms with van der Waals surface area (Å²) >= 11 is 0. The standard InChI is InChI=1S/C25H23NO9/c1-14(27)32-21-13-31-25(24(34-16(3)29)23(21)33-15(2)28)35-20-10-8-19(9-11-20)22(30)18-6-4-17(12-26)5-7-18/h4-11,21,23-25H,13H2,1-3H3/t21-,23+,24+,25?/m1/s1/i1D,2D,3D. The maximum Gasteiger partial charge on any atom is 0.303 e. The zero-order valence-corrected chi connectivity index (χ0v) is 18.4. The van der Waals surface area contributed by atoms with Crippen LogP contribution in [0.25, 0.3) is 0 Å². The summed E-state index contributed by atoms with van der Waals surface area (Å²) in [4.78, 5) is 48.3. The van der Waals surface area contributed by atoms with Crippen molar-refractivity contribution in [3.63, 3.8) is 0 Å². The zero-order valence-electron chi connectivity index (χ0n) is 21.4. The Morgan fingerprint density at radius 3 is 1.97 bits per heavy atom. The number of esters is 3. The number of rotatable bonds is 7. The lowest BCUT2D eigenvalue weighted by molar-refractivity contribution is -0.259. The van der Waals surface area contributed by atoms with Crippen molar-refractivity contribution in [2.24, 2.45) is 0 Å². The first-order valence-corrected chi connectivity index (χ1v) is 10.2. The molecule has 182 valence electrons. The maximum absolute atomic E-state index is 12.7. The molecule has 2 aromatic rings. The van der Waals surface area contributed by atoms with Crippen LogP contribution in [0.3, 0.4) is 0 Å². The van der Waals surface area contributed by atoms with Crippen LogP contribution in [0.4, 0.5) is 0 Å². The molecule has 4 atom stereocenters. The second-order valence-corrected chi connectivity index (χ2v) is 7.30. The van der Waals surface area contributed by atoms with Crippen LogP contribution >= 0.6 is 0 Å². The van der Waals surface area contributed by atoms with E-state index < -0.39 is 63.2 Å². The minimum atomic E-state index is -1.49. The van der Waals surface area contributed by atoms with Crippen LogP contribution in [0.15, 0.2) is 48.5 Å². The minimum absolute atomic E-state index is 0.186. The Labute approximate surface area is 205 Å². The highest BCUT2D eigenvalue weighted by atomic mass is 16.7. The molecule has 1 aliphatic rings. The average molecular weight is 484 g/mol. The van der Waals surface area contributed by atoms with Crippen molar-refractivity contribution < 1.29 is 47.0 Å². The third-order valence-electron chi connectivity index (χ3n) is 4.85. The predicted molar refractivity (Wildman–Crippen MR) is 118 cm³/mol. The molecule has 0 aromatic heterocycles. The Morgan fingerprint density at radius 1 is 0.857 bits per heavy atom. The van der Waals surface area contributed by atoms with E-state index >= 15 is 0 Å². The van der Waals surface area contributed by atoms with Crippen LogP contribution in [-0.4, -0.2) is 54.9 Å². The zero-order chi connectivity index (χ0) is 27.7. The Hall–Kier alpha value is -4.23. The molecular formula is C25H23NO9.